The second kappa shape index (κ2) is 8.47. The lowest BCUT2D eigenvalue weighted by Gasteiger charge is -2.19. The number of rotatable bonds is 6. The first-order valence-electron chi connectivity index (χ1n) is 9.77. The lowest BCUT2D eigenvalue weighted by Crippen LogP contribution is -2.33. The normalized spacial score (nSPS) is 12.2. The van der Waals surface area contributed by atoms with Crippen LogP contribution in [0.5, 0.6) is 5.75 Å². The first-order valence-corrected chi connectivity index (χ1v) is 9.77. The van der Waals surface area contributed by atoms with E-state index in [1.165, 1.54) is 4.68 Å². The van der Waals surface area contributed by atoms with Gasteiger partial charge in [0, 0.05) is 17.5 Å². The van der Waals surface area contributed by atoms with E-state index in [1.54, 1.807) is 31.4 Å². The van der Waals surface area contributed by atoms with Gasteiger partial charge < -0.3 is 10.1 Å². The molecule has 1 atom stereocenters. The van der Waals surface area contributed by atoms with Crippen molar-refractivity contribution in [1.29, 1.82) is 0 Å². The van der Waals surface area contributed by atoms with E-state index in [-0.39, 0.29) is 29.1 Å². The lowest BCUT2D eigenvalue weighted by molar-refractivity contribution is 0.0933. The largest absolute Gasteiger partial charge is 0.496 e. The third-order valence-corrected chi connectivity index (χ3v) is 4.82. The molecular formula is C23H27N3O3. The molecule has 3 aromatic rings. The number of hydrogen-bond donors (Lipinski definition) is 1. The van der Waals surface area contributed by atoms with Crippen LogP contribution in [0.3, 0.4) is 0 Å². The maximum Gasteiger partial charge on any atom is 0.274 e. The van der Waals surface area contributed by atoms with Gasteiger partial charge in [0.1, 0.15) is 5.75 Å². The summed E-state index contributed by atoms with van der Waals surface area (Å²) in [7, 11) is 1.61. The third kappa shape index (κ3) is 4.31. The van der Waals surface area contributed by atoms with E-state index < -0.39 is 0 Å². The number of methoxy groups -OCH3 is 1. The number of carbonyl (C=O) groups excluding carboxylic acids is 1. The van der Waals surface area contributed by atoms with Crippen LogP contribution in [0.4, 0.5) is 0 Å². The van der Waals surface area contributed by atoms with Gasteiger partial charge in [0.2, 0.25) is 0 Å². The number of carbonyl (C=O) groups is 1. The summed E-state index contributed by atoms with van der Waals surface area (Å²) in [4.78, 5) is 25.9. The van der Waals surface area contributed by atoms with Gasteiger partial charge in [-0.25, -0.2) is 4.68 Å². The Balaban J connectivity index is 2.02. The smallest absolute Gasteiger partial charge is 0.274 e. The van der Waals surface area contributed by atoms with Crippen LogP contribution < -0.4 is 15.6 Å². The van der Waals surface area contributed by atoms with Crippen molar-refractivity contribution in [2.75, 3.05) is 7.11 Å². The van der Waals surface area contributed by atoms with E-state index in [9.17, 15) is 9.59 Å². The van der Waals surface area contributed by atoms with Gasteiger partial charge in [0.15, 0.2) is 5.69 Å². The minimum absolute atomic E-state index is 0.181. The third-order valence-electron chi connectivity index (χ3n) is 4.82. The highest BCUT2D eigenvalue weighted by molar-refractivity contribution is 6.04. The van der Waals surface area contributed by atoms with E-state index in [4.69, 9.17) is 4.74 Å². The lowest BCUT2D eigenvalue weighted by atomic mass is 10.0. The Hall–Kier alpha value is -3.15. The molecular weight excluding hydrogens is 366 g/mol. The van der Waals surface area contributed by atoms with E-state index in [0.717, 1.165) is 11.1 Å². The number of nitrogens with one attached hydrogen (secondary N) is 1. The monoisotopic (exact) mass is 393 g/mol. The van der Waals surface area contributed by atoms with Crippen molar-refractivity contribution < 1.29 is 9.53 Å². The predicted octanol–water partition coefficient (Wildman–Crippen LogP) is 3.86. The molecule has 152 valence electrons. The minimum atomic E-state index is -0.324. The fraction of sp³-hybridized carbons (Fsp3) is 0.348. The molecule has 1 aromatic heterocycles. The maximum atomic E-state index is 13.1. The molecule has 1 heterocycles. The Morgan fingerprint density at radius 2 is 1.83 bits per heavy atom. The highest BCUT2D eigenvalue weighted by Crippen LogP contribution is 2.26. The summed E-state index contributed by atoms with van der Waals surface area (Å²) in [6.07, 6.45) is 0. The molecule has 0 radical (unpaired) electrons. The summed E-state index contributed by atoms with van der Waals surface area (Å²) >= 11 is 0. The van der Waals surface area contributed by atoms with E-state index in [1.807, 2.05) is 45.9 Å². The fourth-order valence-electron chi connectivity index (χ4n) is 3.41. The van der Waals surface area contributed by atoms with Crippen LogP contribution in [0.1, 0.15) is 48.4 Å². The van der Waals surface area contributed by atoms with Crippen LogP contribution in [0.15, 0.2) is 47.3 Å². The Bertz CT molecular complexity index is 1100. The number of nitrogens with zero attached hydrogens (tertiary/aromatic N) is 2. The van der Waals surface area contributed by atoms with Crippen LogP contribution in [0.2, 0.25) is 0 Å². The number of ether oxygens (including phenoxy) is 1. The van der Waals surface area contributed by atoms with Gasteiger partial charge in [-0.1, -0.05) is 49.7 Å². The van der Waals surface area contributed by atoms with Crippen molar-refractivity contribution in [3.05, 3.63) is 69.6 Å². The molecule has 3 rings (SSSR count). The number of hydrogen-bond acceptors (Lipinski definition) is 4. The van der Waals surface area contributed by atoms with Crippen molar-refractivity contribution in [1.82, 2.24) is 15.1 Å². The second-order valence-corrected chi connectivity index (χ2v) is 7.72. The van der Waals surface area contributed by atoms with Crippen LogP contribution >= 0.6 is 0 Å². The summed E-state index contributed by atoms with van der Waals surface area (Å²) < 4.78 is 6.83. The van der Waals surface area contributed by atoms with Crippen LogP contribution in [0, 0.1) is 12.8 Å². The maximum absolute atomic E-state index is 13.1. The van der Waals surface area contributed by atoms with Crippen LogP contribution in [-0.4, -0.2) is 22.8 Å². The Labute approximate surface area is 170 Å². The van der Waals surface area contributed by atoms with Gasteiger partial charge >= 0.3 is 0 Å². The summed E-state index contributed by atoms with van der Waals surface area (Å²) in [6.45, 7) is 8.37. The topological polar surface area (TPSA) is 73.2 Å². The van der Waals surface area contributed by atoms with Crippen LogP contribution in [0.25, 0.3) is 10.8 Å². The molecule has 0 unspecified atom stereocenters. The molecule has 1 N–H and O–H groups in total. The predicted molar refractivity (Wildman–Crippen MR) is 114 cm³/mol. The van der Waals surface area contributed by atoms with Crippen molar-refractivity contribution in [2.24, 2.45) is 5.92 Å². The number of aromatic nitrogens is 2. The Morgan fingerprint density at radius 3 is 2.48 bits per heavy atom. The molecule has 6 nitrogen and oxygen atoms in total. The van der Waals surface area contributed by atoms with E-state index >= 15 is 0 Å². The van der Waals surface area contributed by atoms with Crippen molar-refractivity contribution >= 4 is 16.7 Å². The molecule has 0 aliphatic carbocycles. The van der Waals surface area contributed by atoms with Gasteiger partial charge in [-0.2, -0.15) is 5.10 Å². The summed E-state index contributed by atoms with van der Waals surface area (Å²) in [6, 6.07) is 12.7. The Kier molecular flexibility index (Phi) is 6.01. The fourth-order valence-corrected chi connectivity index (χ4v) is 3.41. The average Bonchev–Trinajstić information content (AvgIpc) is 2.69. The molecule has 0 fully saturated rings. The first kappa shape index (κ1) is 20.6. The first-order chi connectivity index (χ1) is 13.8. The number of aryl methyl sites for hydroxylation is 1. The molecule has 1 amide bonds. The molecule has 2 aromatic carbocycles. The molecule has 0 aliphatic heterocycles. The zero-order chi connectivity index (χ0) is 21.1. The molecule has 0 bridgehead atoms. The number of amides is 1. The van der Waals surface area contributed by atoms with Crippen molar-refractivity contribution in [3.8, 4) is 5.75 Å². The van der Waals surface area contributed by atoms with Crippen molar-refractivity contribution in [3.63, 3.8) is 0 Å². The zero-order valence-corrected chi connectivity index (χ0v) is 17.5. The standard InChI is InChI=1S/C23H27N3O3/c1-14(2)13-26-23(28)18-9-7-6-8-17(18)21(25-26)22(27)24-16(4)19-12-15(3)10-11-20(19)29-5/h6-12,14,16H,13H2,1-5H3,(H,24,27)/t16-/m0/s1. The Morgan fingerprint density at radius 1 is 1.14 bits per heavy atom. The van der Waals surface area contributed by atoms with Gasteiger partial charge in [-0.3, -0.25) is 9.59 Å². The average molecular weight is 393 g/mol. The summed E-state index contributed by atoms with van der Waals surface area (Å²) in [5.41, 5.74) is 2.04. The van der Waals surface area contributed by atoms with Crippen molar-refractivity contribution in [2.45, 2.75) is 40.3 Å². The zero-order valence-electron chi connectivity index (χ0n) is 17.5. The molecule has 0 saturated carbocycles. The minimum Gasteiger partial charge on any atom is -0.496 e. The van der Waals surface area contributed by atoms with Crippen LogP contribution in [-0.2, 0) is 6.54 Å². The van der Waals surface area contributed by atoms with E-state index in [0.29, 0.717) is 23.1 Å². The number of fused-ring (bicyclic) bond motifs is 1. The highest BCUT2D eigenvalue weighted by Gasteiger charge is 2.20. The molecule has 0 spiro atoms. The molecule has 29 heavy (non-hydrogen) atoms. The summed E-state index contributed by atoms with van der Waals surface area (Å²) in [5, 5.41) is 8.47. The van der Waals surface area contributed by atoms with E-state index in [2.05, 4.69) is 10.4 Å². The van der Waals surface area contributed by atoms with Gasteiger partial charge in [-0.15, -0.1) is 0 Å². The second-order valence-electron chi connectivity index (χ2n) is 7.72. The van der Waals surface area contributed by atoms with Gasteiger partial charge in [0.25, 0.3) is 11.5 Å². The van der Waals surface area contributed by atoms with Gasteiger partial charge in [0.05, 0.1) is 18.5 Å². The molecule has 0 saturated heterocycles. The highest BCUT2D eigenvalue weighted by atomic mass is 16.5. The van der Waals surface area contributed by atoms with Gasteiger partial charge in [-0.05, 0) is 31.9 Å². The number of benzene rings is 2. The molecule has 6 heteroatoms. The summed E-state index contributed by atoms with van der Waals surface area (Å²) in [5.74, 6) is 0.619. The quantitative estimate of drug-likeness (QED) is 0.690. The molecule has 0 aliphatic rings. The SMILES string of the molecule is COc1ccc(C)cc1[C@H](C)NC(=O)c1nn(CC(C)C)c(=O)c2ccccc12.